The van der Waals surface area contributed by atoms with E-state index in [0.29, 0.717) is 10.6 Å². The first kappa shape index (κ1) is 31.1. The van der Waals surface area contributed by atoms with Crippen molar-refractivity contribution in [2.24, 2.45) is 0 Å². The van der Waals surface area contributed by atoms with E-state index in [1.165, 1.54) is 0 Å². The minimum absolute atomic E-state index is 0.0151. The van der Waals surface area contributed by atoms with Crippen molar-refractivity contribution in [1.82, 2.24) is 4.90 Å². The molecule has 4 atom stereocenters. The number of carbonyl (C=O) groups excluding carboxylic acids is 3. The summed E-state index contributed by atoms with van der Waals surface area (Å²) in [6.45, 7) is 17.1. The van der Waals surface area contributed by atoms with Gasteiger partial charge in [0, 0.05) is 0 Å². The van der Waals surface area contributed by atoms with Crippen LogP contribution in [0.4, 0.5) is 9.59 Å². The molecule has 2 amide bonds. The SMILES string of the molecule is C=C(C)CO[C@H]1COC[C@H](N(C(=O)OC(C)(C)C)C(=O)OC(C)(C)C)C(=O)O[C@@H](C)[C@@H]1Oc1ccccc1. The zero-order valence-corrected chi connectivity index (χ0v) is 23.6. The first-order valence-electron chi connectivity index (χ1n) is 12.6. The summed E-state index contributed by atoms with van der Waals surface area (Å²) in [5.74, 6) is -0.333. The lowest BCUT2D eigenvalue weighted by Crippen LogP contribution is -2.54. The molecule has 212 valence electrons. The number of hydrogen-bond donors (Lipinski definition) is 0. The average Bonchev–Trinajstić information content (AvgIpc) is 2.81. The molecule has 0 aromatic heterocycles. The third kappa shape index (κ3) is 9.98. The molecule has 0 aliphatic carbocycles. The summed E-state index contributed by atoms with van der Waals surface area (Å²) in [5, 5.41) is 0. The number of esters is 1. The third-order valence-corrected chi connectivity index (χ3v) is 5.01. The lowest BCUT2D eigenvalue weighted by molar-refractivity contribution is -0.161. The van der Waals surface area contributed by atoms with Crippen LogP contribution in [0, 0.1) is 0 Å². The Bertz CT molecular complexity index is 937. The zero-order valence-electron chi connectivity index (χ0n) is 23.6. The van der Waals surface area contributed by atoms with Crippen molar-refractivity contribution >= 4 is 18.2 Å². The summed E-state index contributed by atoms with van der Waals surface area (Å²) in [6, 6.07) is 7.55. The van der Waals surface area contributed by atoms with Gasteiger partial charge in [0.25, 0.3) is 0 Å². The molecule has 1 aliphatic heterocycles. The fourth-order valence-corrected chi connectivity index (χ4v) is 3.44. The van der Waals surface area contributed by atoms with Crippen LogP contribution in [0.15, 0.2) is 42.5 Å². The smallest absolute Gasteiger partial charge is 0.420 e. The summed E-state index contributed by atoms with van der Waals surface area (Å²) in [7, 11) is 0. The van der Waals surface area contributed by atoms with Gasteiger partial charge in [0.05, 0.1) is 19.8 Å². The predicted molar refractivity (Wildman–Crippen MR) is 140 cm³/mol. The van der Waals surface area contributed by atoms with Crippen LogP contribution in [0.25, 0.3) is 0 Å². The molecule has 0 spiro atoms. The minimum atomic E-state index is -1.47. The maximum absolute atomic E-state index is 13.4. The molecular formula is C28H41NO9. The van der Waals surface area contributed by atoms with E-state index in [4.69, 9.17) is 28.4 Å². The van der Waals surface area contributed by atoms with Crippen LogP contribution in [-0.4, -0.2) is 78.4 Å². The van der Waals surface area contributed by atoms with Crippen LogP contribution in [0.2, 0.25) is 0 Å². The number of benzene rings is 1. The van der Waals surface area contributed by atoms with Crippen molar-refractivity contribution in [3.63, 3.8) is 0 Å². The van der Waals surface area contributed by atoms with E-state index in [1.807, 2.05) is 25.1 Å². The topological polar surface area (TPSA) is 110 Å². The van der Waals surface area contributed by atoms with Crippen LogP contribution in [-0.2, 0) is 28.5 Å². The lowest BCUT2D eigenvalue weighted by Gasteiger charge is -2.32. The molecule has 1 heterocycles. The van der Waals surface area contributed by atoms with Crippen LogP contribution < -0.4 is 4.74 Å². The van der Waals surface area contributed by atoms with E-state index < -0.39 is 53.7 Å². The lowest BCUT2D eigenvalue weighted by atomic mass is 10.1. The normalized spacial score (nSPS) is 22.7. The van der Waals surface area contributed by atoms with Gasteiger partial charge >= 0.3 is 18.2 Å². The molecule has 0 saturated carbocycles. The summed E-state index contributed by atoms with van der Waals surface area (Å²) >= 11 is 0. The zero-order chi connectivity index (χ0) is 28.7. The van der Waals surface area contributed by atoms with Gasteiger partial charge in [-0.2, -0.15) is 4.90 Å². The average molecular weight is 536 g/mol. The van der Waals surface area contributed by atoms with Crippen molar-refractivity contribution in [3.8, 4) is 5.75 Å². The molecule has 1 aromatic rings. The number of para-hydroxylation sites is 1. The monoisotopic (exact) mass is 535 g/mol. The van der Waals surface area contributed by atoms with Crippen molar-refractivity contribution in [2.75, 3.05) is 19.8 Å². The van der Waals surface area contributed by atoms with Gasteiger partial charge in [0.2, 0.25) is 0 Å². The Kier molecular flexibility index (Phi) is 10.7. The second kappa shape index (κ2) is 13.1. The first-order chi connectivity index (χ1) is 17.6. The highest BCUT2D eigenvalue weighted by Gasteiger charge is 2.44. The number of cyclic esters (lactones) is 1. The highest BCUT2D eigenvalue weighted by molar-refractivity contribution is 5.94. The number of imide groups is 1. The molecule has 0 bridgehead atoms. The van der Waals surface area contributed by atoms with Gasteiger partial charge in [-0.15, -0.1) is 0 Å². The summed E-state index contributed by atoms with van der Waals surface area (Å²) in [6.07, 6.45) is -4.39. The number of nitrogens with zero attached hydrogens (tertiary/aromatic N) is 1. The first-order valence-corrected chi connectivity index (χ1v) is 12.6. The molecule has 38 heavy (non-hydrogen) atoms. The molecular weight excluding hydrogens is 494 g/mol. The Balaban J connectivity index is 2.41. The van der Waals surface area contributed by atoms with Crippen LogP contribution in [0.1, 0.15) is 55.4 Å². The fourth-order valence-electron chi connectivity index (χ4n) is 3.44. The van der Waals surface area contributed by atoms with E-state index in [0.717, 1.165) is 5.57 Å². The Morgan fingerprint density at radius 1 is 1.00 bits per heavy atom. The van der Waals surface area contributed by atoms with E-state index >= 15 is 0 Å². The Labute approximate surface area is 225 Å². The van der Waals surface area contributed by atoms with Gasteiger partial charge in [-0.1, -0.05) is 30.4 Å². The van der Waals surface area contributed by atoms with Crippen molar-refractivity contribution in [2.45, 2.75) is 90.9 Å². The quantitative estimate of drug-likeness (QED) is 0.285. The van der Waals surface area contributed by atoms with E-state index in [2.05, 4.69) is 6.58 Å². The maximum atomic E-state index is 13.4. The number of hydrogen-bond acceptors (Lipinski definition) is 9. The second-order valence-corrected chi connectivity index (χ2v) is 11.2. The van der Waals surface area contributed by atoms with Gasteiger partial charge in [-0.3, -0.25) is 0 Å². The largest absolute Gasteiger partial charge is 0.484 e. The summed E-state index contributed by atoms with van der Waals surface area (Å²) < 4.78 is 34.6. The maximum Gasteiger partial charge on any atom is 0.420 e. The van der Waals surface area contributed by atoms with Crippen molar-refractivity contribution in [3.05, 3.63) is 42.5 Å². The molecule has 10 nitrogen and oxygen atoms in total. The molecule has 10 heteroatoms. The van der Waals surface area contributed by atoms with Crippen molar-refractivity contribution < 1.29 is 42.8 Å². The Hall–Kier alpha value is -3.11. The molecule has 1 fully saturated rings. The predicted octanol–water partition coefficient (Wildman–Crippen LogP) is 4.90. The van der Waals surface area contributed by atoms with Gasteiger partial charge < -0.3 is 28.4 Å². The second-order valence-electron chi connectivity index (χ2n) is 11.2. The summed E-state index contributed by atoms with van der Waals surface area (Å²) in [4.78, 5) is 40.3. The number of ether oxygens (including phenoxy) is 6. The van der Waals surface area contributed by atoms with Crippen LogP contribution in [0.5, 0.6) is 5.75 Å². The Morgan fingerprint density at radius 3 is 2.05 bits per heavy atom. The number of carbonyl (C=O) groups is 3. The molecule has 0 N–H and O–H groups in total. The number of rotatable bonds is 6. The third-order valence-electron chi connectivity index (χ3n) is 5.01. The summed E-state index contributed by atoms with van der Waals surface area (Å²) in [5.41, 5.74) is -1.10. The van der Waals surface area contributed by atoms with Crippen LogP contribution in [0.3, 0.4) is 0 Å². The van der Waals surface area contributed by atoms with E-state index in [1.54, 1.807) is 60.6 Å². The fraction of sp³-hybridized carbons (Fsp3) is 0.607. The standard InChI is InChI=1S/C28H41NO9/c1-18(2)15-34-22-17-33-16-21(24(30)35-19(3)23(22)36-20-13-11-10-12-14-20)29(25(31)37-27(4,5)6)26(32)38-28(7,8)9/h10-14,19,21-23H,1,15-17H2,2-9H3/t19-,21-,22-,23-/m0/s1. The van der Waals surface area contributed by atoms with Crippen molar-refractivity contribution in [1.29, 1.82) is 0 Å². The Morgan fingerprint density at radius 2 is 1.55 bits per heavy atom. The molecule has 1 saturated heterocycles. The van der Waals surface area contributed by atoms with Gasteiger partial charge in [-0.05, 0) is 67.5 Å². The highest BCUT2D eigenvalue weighted by Crippen LogP contribution is 2.23. The number of amides is 2. The molecule has 1 aliphatic rings. The van der Waals surface area contributed by atoms with Gasteiger partial charge in [0.15, 0.2) is 12.1 Å². The van der Waals surface area contributed by atoms with Gasteiger partial charge in [0.1, 0.15) is 29.2 Å². The van der Waals surface area contributed by atoms with Gasteiger partial charge in [-0.25, -0.2) is 14.4 Å². The minimum Gasteiger partial charge on any atom is -0.484 e. The molecule has 1 aromatic carbocycles. The van der Waals surface area contributed by atoms with E-state index in [9.17, 15) is 14.4 Å². The highest BCUT2D eigenvalue weighted by atomic mass is 16.6. The van der Waals surface area contributed by atoms with Crippen LogP contribution >= 0.6 is 0 Å². The molecule has 0 unspecified atom stereocenters. The molecule has 2 rings (SSSR count). The van der Waals surface area contributed by atoms with E-state index in [-0.39, 0.29) is 19.8 Å². The molecule has 0 radical (unpaired) electrons.